The van der Waals surface area contributed by atoms with Gasteiger partial charge in [0, 0.05) is 23.3 Å². The second-order valence-electron chi connectivity index (χ2n) is 3.44. The fourth-order valence-electron chi connectivity index (χ4n) is 1.31. The van der Waals surface area contributed by atoms with Crippen molar-refractivity contribution in [1.82, 2.24) is 15.3 Å². The molecule has 2 aromatic heterocycles. The molecule has 0 bridgehead atoms. The lowest BCUT2D eigenvalue weighted by atomic mass is 10.2. The van der Waals surface area contributed by atoms with Crippen LogP contribution in [0.3, 0.4) is 0 Å². The number of nitrogens with zero attached hydrogens (tertiary/aromatic N) is 2. The number of amides is 1. The maximum atomic E-state index is 11.9. The molecule has 0 fully saturated rings. The minimum absolute atomic E-state index is 0.105. The summed E-state index contributed by atoms with van der Waals surface area (Å²) in [7, 11) is 0. The van der Waals surface area contributed by atoms with Crippen molar-refractivity contribution in [1.29, 1.82) is 0 Å². The Balaban J connectivity index is 2.04. The van der Waals surface area contributed by atoms with Gasteiger partial charge in [0.25, 0.3) is 5.91 Å². The van der Waals surface area contributed by atoms with Gasteiger partial charge in [-0.05, 0) is 35.0 Å². The maximum absolute atomic E-state index is 11.9. The molecule has 1 atom stereocenters. The third-order valence-corrected chi connectivity index (χ3v) is 3.89. The molecule has 6 heteroatoms. The summed E-state index contributed by atoms with van der Waals surface area (Å²) in [6.45, 7) is 1.91. The summed E-state index contributed by atoms with van der Waals surface area (Å²) in [5, 5.41) is 5.65. The number of aromatic nitrogens is 2. The van der Waals surface area contributed by atoms with Crippen LogP contribution in [-0.4, -0.2) is 15.9 Å². The Labute approximate surface area is 111 Å². The standard InChI is InChI=1S/C11H10BrN3OS/c1-7(11-15-9(12)6-17-11)14-10(16)8-2-4-13-5-3-8/h2-7H,1H3,(H,14,16)/t7-/m0/s1. The van der Waals surface area contributed by atoms with Crippen LogP contribution in [0.25, 0.3) is 0 Å². The molecule has 4 nitrogen and oxygen atoms in total. The van der Waals surface area contributed by atoms with Crippen LogP contribution >= 0.6 is 27.3 Å². The molecule has 0 radical (unpaired) electrons. The van der Waals surface area contributed by atoms with Crippen LogP contribution in [0.1, 0.15) is 28.3 Å². The van der Waals surface area contributed by atoms with Crippen molar-refractivity contribution in [3.8, 4) is 0 Å². The van der Waals surface area contributed by atoms with Crippen molar-refractivity contribution in [2.24, 2.45) is 0 Å². The summed E-state index contributed by atoms with van der Waals surface area (Å²) in [4.78, 5) is 20.0. The normalized spacial score (nSPS) is 12.1. The average Bonchev–Trinajstić information content (AvgIpc) is 2.77. The first kappa shape index (κ1) is 12.2. The quantitative estimate of drug-likeness (QED) is 0.948. The Hall–Kier alpha value is -1.27. The lowest BCUT2D eigenvalue weighted by molar-refractivity contribution is 0.0939. The van der Waals surface area contributed by atoms with Crippen molar-refractivity contribution in [3.05, 3.63) is 45.1 Å². The Morgan fingerprint density at radius 1 is 1.47 bits per heavy atom. The highest BCUT2D eigenvalue weighted by molar-refractivity contribution is 9.10. The zero-order valence-electron chi connectivity index (χ0n) is 9.05. The van der Waals surface area contributed by atoms with Gasteiger partial charge in [0.2, 0.25) is 0 Å². The van der Waals surface area contributed by atoms with E-state index >= 15 is 0 Å². The van der Waals surface area contributed by atoms with Crippen LogP contribution < -0.4 is 5.32 Å². The number of hydrogen-bond acceptors (Lipinski definition) is 4. The lowest BCUT2D eigenvalue weighted by Gasteiger charge is -2.10. The molecule has 2 rings (SSSR count). The average molecular weight is 312 g/mol. The van der Waals surface area contributed by atoms with E-state index in [4.69, 9.17) is 0 Å². The van der Waals surface area contributed by atoms with Crippen molar-refractivity contribution in [2.75, 3.05) is 0 Å². The molecular weight excluding hydrogens is 302 g/mol. The SMILES string of the molecule is C[C@H](NC(=O)c1ccncc1)c1nc(Br)cs1. The fraction of sp³-hybridized carbons (Fsp3) is 0.182. The van der Waals surface area contributed by atoms with Gasteiger partial charge < -0.3 is 5.32 Å². The van der Waals surface area contributed by atoms with E-state index in [2.05, 4.69) is 31.2 Å². The Morgan fingerprint density at radius 3 is 2.76 bits per heavy atom. The monoisotopic (exact) mass is 311 g/mol. The lowest BCUT2D eigenvalue weighted by Crippen LogP contribution is -2.26. The van der Waals surface area contributed by atoms with Crippen molar-refractivity contribution in [2.45, 2.75) is 13.0 Å². The minimum Gasteiger partial charge on any atom is -0.343 e. The van der Waals surface area contributed by atoms with Crippen LogP contribution in [0.4, 0.5) is 0 Å². The first-order valence-corrected chi connectivity index (χ1v) is 6.66. The van der Waals surface area contributed by atoms with E-state index in [0.717, 1.165) is 9.61 Å². The minimum atomic E-state index is -0.119. The molecule has 0 unspecified atom stereocenters. The summed E-state index contributed by atoms with van der Waals surface area (Å²) >= 11 is 4.80. The first-order valence-electron chi connectivity index (χ1n) is 4.98. The molecule has 0 aromatic carbocycles. The number of carbonyl (C=O) groups excluding carboxylic acids is 1. The smallest absolute Gasteiger partial charge is 0.251 e. The van der Waals surface area contributed by atoms with Crippen molar-refractivity contribution in [3.63, 3.8) is 0 Å². The highest BCUT2D eigenvalue weighted by Crippen LogP contribution is 2.21. The van der Waals surface area contributed by atoms with Gasteiger partial charge in [-0.25, -0.2) is 4.98 Å². The van der Waals surface area contributed by atoms with E-state index in [1.807, 2.05) is 12.3 Å². The van der Waals surface area contributed by atoms with Gasteiger partial charge in [0.15, 0.2) is 0 Å². The van der Waals surface area contributed by atoms with E-state index in [-0.39, 0.29) is 11.9 Å². The molecule has 0 aliphatic heterocycles. The van der Waals surface area contributed by atoms with Crippen molar-refractivity contribution >= 4 is 33.2 Å². The predicted molar refractivity (Wildman–Crippen MR) is 69.9 cm³/mol. The number of hydrogen-bond donors (Lipinski definition) is 1. The number of halogens is 1. The molecule has 0 spiro atoms. The van der Waals surface area contributed by atoms with Gasteiger partial charge in [-0.1, -0.05) is 0 Å². The molecule has 0 saturated carbocycles. The molecule has 0 aliphatic rings. The van der Waals surface area contributed by atoms with E-state index in [1.165, 1.54) is 11.3 Å². The van der Waals surface area contributed by atoms with E-state index in [0.29, 0.717) is 5.56 Å². The highest BCUT2D eigenvalue weighted by Gasteiger charge is 2.13. The van der Waals surface area contributed by atoms with Crippen LogP contribution in [0.15, 0.2) is 34.5 Å². The van der Waals surface area contributed by atoms with Gasteiger partial charge in [-0.2, -0.15) is 0 Å². The van der Waals surface area contributed by atoms with E-state index in [1.54, 1.807) is 24.5 Å². The second-order valence-corrected chi connectivity index (χ2v) is 5.14. The second kappa shape index (κ2) is 5.37. The summed E-state index contributed by atoms with van der Waals surface area (Å²) in [5.41, 5.74) is 0.600. The van der Waals surface area contributed by atoms with Gasteiger partial charge in [-0.15, -0.1) is 11.3 Å². The van der Waals surface area contributed by atoms with Gasteiger partial charge in [0.1, 0.15) is 9.61 Å². The van der Waals surface area contributed by atoms with Crippen LogP contribution in [0, 0.1) is 0 Å². The number of pyridine rings is 1. The molecule has 0 saturated heterocycles. The van der Waals surface area contributed by atoms with E-state index < -0.39 is 0 Å². The molecular formula is C11H10BrN3OS. The Kier molecular flexibility index (Phi) is 3.86. The molecule has 88 valence electrons. The van der Waals surface area contributed by atoms with Gasteiger partial charge in [0.05, 0.1) is 6.04 Å². The maximum Gasteiger partial charge on any atom is 0.251 e. The summed E-state index contributed by atoms with van der Waals surface area (Å²) in [6, 6.07) is 3.26. The summed E-state index contributed by atoms with van der Waals surface area (Å²) < 4.78 is 0.794. The van der Waals surface area contributed by atoms with Gasteiger partial charge in [-0.3, -0.25) is 9.78 Å². The zero-order chi connectivity index (χ0) is 12.3. The number of rotatable bonds is 3. The summed E-state index contributed by atoms with van der Waals surface area (Å²) in [6.07, 6.45) is 3.19. The number of thiazole rings is 1. The molecule has 0 aliphatic carbocycles. The summed E-state index contributed by atoms with van der Waals surface area (Å²) in [5.74, 6) is -0.119. The Morgan fingerprint density at radius 2 is 2.18 bits per heavy atom. The molecule has 1 N–H and O–H groups in total. The topological polar surface area (TPSA) is 54.9 Å². The molecule has 17 heavy (non-hydrogen) atoms. The van der Waals surface area contributed by atoms with Gasteiger partial charge >= 0.3 is 0 Å². The molecule has 2 heterocycles. The molecule has 1 amide bonds. The third kappa shape index (κ3) is 3.10. The predicted octanol–water partition coefficient (Wildman–Crippen LogP) is 2.79. The first-order chi connectivity index (χ1) is 8.16. The van der Waals surface area contributed by atoms with E-state index in [9.17, 15) is 4.79 Å². The Bertz CT molecular complexity index is 514. The van der Waals surface area contributed by atoms with Crippen LogP contribution in [-0.2, 0) is 0 Å². The third-order valence-electron chi connectivity index (χ3n) is 2.15. The zero-order valence-corrected chi connectivity index (χ0v) is 11.5. The number of nitrogens with one attached hydrogen (secondary N) is 1. The van der Waals surface area contributed by atoms with Crippen molar-refractivity contribution < 1.29 is 4.79 Å². The fourth-order valence-corrected chi connectivity index (χ4v) is 2.58. The number of carbonyl (C=O) groups is 1. The highest BCUT2D eigenvalue weighted by atomic mass is 79.9. The largest absolute Gasteiger partial charge is 0.343 e. The van der Waals surface area contributed by atoms with Crippen LogP contribution in [0.5, 0.6) is 0 Å². The van der Waals surface area contributed by atoms with Crippen LogP contribution in [0.2, 0.25) is 0 Å². The molecule has 2 aromatic rings.